The number of benzene rings is 2. The number of carbonyl (C=O) groups excluding carboxylic acids is 1. The van der Waals surface area contributed by atoms with Crippen LogP contribution in [0.15, 0.2) is 61.2 Å². The molecule has 5 rings (SSSR count). The van der Waals surface area contributed by atoms with Gasteiger partial charge >= 0.3 is 0 Å². The molecule has 0 aromatic heterocycles. The molecule has 2 aliphatic carbocycles. The van der Waals surface area contributed by atoms with E-state index in [2.05, 4.69) is 48.3 Å². The maximum Gasteiger partial charge on any atom is 0.264 e. The summed E-state index contributed by atoms with van der Waals surface area (Å²) < 4.78 is 36.0. The minimum Gasteiger partial charge on any atom is -0.490 e. The van der Waals surface area contributed by atoms with Crippen LogP contribution in [-0.4, -0.2) is 50.5 Å². The lowest BCUT2D eigenvalue weighted by molar-refractivity contribution is 0.0456. The van der Waals surface area contributed by atoms with Gasteiger partial charge in [-0.3, -0.25) is 4.79 Å². The van der Waals surface area contributed by atoms with E-state index < -0.39 is 27.3 Å². The highest BCUT2D eigenvalue weighted by Gasteiger charge is 2.44. The van der Waals surface area contributed by atoms with Gasteiger partial charge in [-0.1, -0.05) is 69.0 Å². The van der Waals surface area contributed by atoms with Crippen LogP contribution >= 0.6 is 11.6 Å². The van der Waals surface area contributed by atoms with Crippen LogP contribution in [0.5, 0.6) is 5.75 Å². The molecule has 2 N–H and O–H groups in total. The van der Waals surface area contributed by atoms with Crippen molar-refractivity contribution in [2.24, 2.45) is 17.8 Å². The van der Waals surface area contributed by atoms with E-state index in [1.165, 1.54) is 11.1 Å². The fraction of sp³-hybridized carbons (Fsp3) is 0.575. The number of carbonyl (C=O) groups is 1. The van der Waals surface area contributed by atoms with Crippen molar-refractivity contribution in [1.82, 2.24) is 4.72 Å². The van der Waals surface area contributed by atoms with Crippen molar-refractivity contribution in [3.05, 3.63) is 82.9 Å². The third-order valence-corrected chi connectivity index (χ3v) is 13.3. The van der Waals surface area contributed by atoms with Crippen molar-refractivity contribution in [2.45, 2.75) is 108 Å². The van der Waals surface area contributed by atoms with Crippen LogP contribution in [-0.2, 0) is 21.9 Å². The number of nitrogens with one attached hydrogen (secondary N) is 1. The van der Waals surface area contributed by atoms with Gasteiger partial charge in [0.2, 0.25) is 10.0 Å². The Kier molecular flexibility index (Phi) is 12.6. The molecule has 0 radical (unpaired) electrons. The first kappa shape index (κ1) is 37.4. The first-order valence-corrected chi connectivity index (χ1v) is 20.3. The topological polar surface area (TPSA) is 95.9 Å². The van der Waals surface area contributed by atoms with Crippen molar-refractivity contribution in [3.63, 3.8) is 0 Å². The number of rotatable bonds is 15. The van der Waals surface area contributed by atoms with Crippen LogP contribution in [0.3, 0.4) is 0 Å². The number of aliphatic hydroxyl groups is 1. The molecule has 7 nitrogen and oxygen atoms in total. The van der Waals surface area contributed by atoms with E-state index in [1.54, 1.807) is 31.2 Å². The van der Waals surface area contributed by atoms with E-state index in [4.69, 9.17) is 16.3 Å². The third-order valence-electron chi connectivity index (χ3n) is 11.2. The monoisotopic (exact) mass is 710 g/mol. The molecule has 5 unspecified atom stereocenters. The van der Waals surface area contributed by atoms with E-state index in [1.807, 2.05) is 12.1 Å². The molecule has 268 valence electrons. The summed E-state index contributed by atoms with van der Waals surface area (Å²) in [6.07, 6.45) is 15.4. The van der Waals surface area contributed by atoms with E-state index in [0.717, 1.165) is 74.9 Å². The zero-order chi connectivity index (χ0) is 35.2. The van der Waals surface area contributed by atoms with Gasteiger partial charge in [-0.05, 0) is 118 Å². The van der Waals surface area contributed by atoms with Gasteiger partial charge in [0.15, 0.2) is 0 Å². The maximum absolute atomic E-state index is 13.7. The summed E-state index contributed by atoms with van der Waals surface area (Å²) >= 11 is 6.44. The molecule has 1 aliphatic heterocycles. The second-order valence-corrected chi connectivity index (χ2v) is 17.1. The lowest BCUT2D eigenvalue weighted by Gasteiger charge is -2.45. The molecule has 2 aromatic carbocycles. The van der Waals surface area contributed by atoms with Crippen molar-refractivity contribution < 1.29 is 23.1 Å². The molecular weight excluding hydrogens is 656 g/mol. The smallest absolute Gasteiger partial charge is 0.264 e. The molecule has 1 fully saturated rings. The summed E-state index contributed by atoms with van der Waals surface area (Å²) in [5, 5.41) is 11.1. The fourth-order valence-corrected chi connectivity index (χ4v) is 9.62. The molecule has 49 heavy (non-hydrogen) atoms. The number of halogens is 1. The lowest BCUT2D eigenvalue weighted by atomic mass is 9.68. The number of sulfonamides is 1. The minimum absolute atomic E-state index is 0.120. The standard InChI is InChI=1S/C40H55ClN2O5S/c1-5-8-10-15-37(44)34-19-16-32(34)25-43-26-40(22-11-14-30-23-33(41)18-20-35(30)40)27-48-38-21-17-31(24-36(38)43)39(45)42-49(46,47)28(4)29(12-7-3)13-9-6-2/h7,10,15,17-18,20-21,23-24,28-29,32,34,37,44H,3,5-6,8-9,11-14,16,19,22,25-27H2,1-2,4H3,(H,42,45)/b15-10+/t28?,29?,32?,34?,37?,40-/m0/s1. The second kappa shape index (κ2) is 16.5. The first-order valence-electron chi connectivity index (χ1n) is 18.3. The average molecular weight is 711 g/mol. The van der Waals surface area contributed by atoms with Gasteiger partial charge in [-0.25, -0.2) is 13.1 Å². The molecule has 1 heterocycles. The molecule has 0 bridgehead atoms. The SMILES string of the molecule is C=CCC(CCCC)C(C)S(=O)(=O)NC(=O)c1ccc2c(c1)N(CC1CCC1C(O)/C=C/CCC)C[C@@]1(CCCc3cc(Cl)ccc31)CO2. The van der Waals surface area contributed by atoms with Crippen LogP contribution in [0.4, 0.5) is 5.69 Å². The van der Waals surface area contributed by atoms with Gasteiger partial charge in [0.05, 0.1) is 23.6 Å². The van der Waals surface area contributed by atoms with E-state index in [0.29, 0.717) is 31.9 Å². The van der Waals surface area contributed by atoms with Crippen LogP contribution < -0.4 is 14.4 Å². The van der Waals surface area contributed by atoms with Crippen LogP contribution in [0.1, 0.15) is 106 Å². The summed E-state index contributed by atoms with van der Waals surface area (Å²) in [5.41, 5.74) is 3.28. The van der Waals surface area contributed by atoms with Gasteiger partial charge < -0.3 is 14.7 Å². The Balaban J connectivity index is 1.45. The van der Waals surface area contributed by atoms with Gasteiger partial charge in [-0.2, -0.15) is 0 Å². The summed E-state index contributed by atoms with van der Waals surface area (Å²) in [6, 6.07) is 11.4. The highest BCUT2D eigenvalue weighted by molar-refractivity contribution is 7.90. The number of hydrogen-bond donors (Lipinski definition) is 2. The Hall–Kier alpha value is -2.81. The van der Waals surface area contributed by atoms with E-state index in [9.17, 15) is 18.3 Å². The Bertz CT molecular complexity index is 1610. The molecule has 1 spiro atoms. The summed E-state index contributed by atoms with van der Waals surface area (Å²) in [6.45, 7) is 11.6. The van der Waals surface area contributed by atoms with Gasteiger partial charge in [-0.15, -0.1) is 6.58 Å². The predicted molar refractivity (Wildman–Crippen MR) is 200 cm³/mol. The van der Waals surface area contributed by atoms with Crippen LogP contribution in [0.2, 0.25) is 5.02 Å². The lowest BCUT2D eigenvalue weighted by Crippen LogP contribution is -2.49. The Morgan fingerprint density at radius 2 is 2.02 bits per heavy atom. The second-order valence-electron chi connectivity index (χ2n) is 14.6. The number of unbranched alkanes of at least 4 members (excludes halogenated alkanes) is 2. The van der Waals surface area contributed by atoms with Gasteiger partial charge in [0.1, 0.15) is 5.75 Å². The number of ether oxygens (including phenoxy) is 1. The van der Waals surface area contributed by atoms with Crippen molar-refractivity contribution in [1.29, 1.82) is 0 Å². The van der Waals surface area contributed by atoms with Crippen LogP contribution in [0, 0.1) is 17.8 Å². The normalized spacial score (nSPS) is 23.8. The molecule has 6 atom stereocenters. The number of amides is 1. The number of anilines is 1. The molecule has 3 aliphatic rings. The third kappa shape index (κ3) is 8.57. The van der Waals surface area contributed by atoms with Crippen molar-refractivity contribution in [2.75, 3.05) is 24.6 Å². The number of aryl methyl sites for hydroxylation is 1. The molecular formula is C40H55ClN2O5S. The minimum atomic E-state index is -3.94. The van der Waals surface area contributed by atoms with Gasteiger partial charge in [0.25, 0.3) is 5.91 Å². The number of aliphatic hydroxyl groups excluding tert-OH is 1. The Morgan fingerprint density at radius 3 is 2.73 bits per heavy atom. The zero-order valence-electron chi connectivity index (χ0n) is 29.5. The first-order chi connectivity index (χ1) is 23.5. The number of allylic oxidation sites excluding steroid dienone is 2. The molecule has 0 saturated heterocycles. The quantitative estimate of drug-likeness (QED) is 0.180. The Labute approximate surface area is 299 Å². The number of fused-ring (bicyclic) bond motifs is 3. The highest BCUT2D eigenvalue weighted by Crippen LogP contribution is 2.46. The van der Waals surface area contributed by atoms with Crippen LogP contribution in [0.25, 0.3) is 0 Å². The fourth-order valence-electron chi connectivity index (χ4n) is 8.11. The largest absolute Gasteiger partial charge is 0.490 e. The van der Waals surface area contributed by atoms with E-state index >= 15 is 0 Å². The molecule has 9 heteroatoms. The number of nitrogens with zero attached hydrogens (tertiary/aromatic N) is 1. The predicted octanol–water partition coefficient (Wildman–Crippen LogP) is 8.39. The number of hydrogen-bond acceptors (Lipinski definition) is 6. The molecule has 1 saturated carbocycles. The summed E-state index contributed by atoms with van der Waals surface area (Å²) in [5.74, 6) is 0.336. The van der Waals surface area contributed by atoms with Crippen molar-refractivity contribution >= 4 is 33.2 Å². The molecule has 1 amide bonds. The van der Waals surface area contributed by atoms with Gasteiger partial charge in [0, 0.05) is 29.1 Å². The van der Waals surface area contributed by atoms with Crippen molar-refractivity contribution in [3.8, 4) is 5.75 Å². The summed E-state index contributed by atoms with van der Waals surface area (Å²) in [7, 11) is -3.94. The highest BCUT2D eigenvalue weighted by atomic mass is 35.5. The molecule has 2 aromatic rings. The zero-order valence-corrected chi connectivity index (χ0v) is 31.1. The van der Waals surface area contributed by atoms with E-state index in [-0.39, 0.29) is 28.7 Å². The summed E-state index contributed by atoms with van der Waals surface area (Å²) in [4.78, 5) is 16.0. The Morgan fingerprint density at radius 1 is 1.20 bits per heavy atom. The average Bonchev–Trinajstić information content (AvgIpc) is 3.21. The maximum atomic E-state index is 13.7.